The second kappa shape index (κ2) is 7.94. The van der Waals surface area contributed by atoms with Gasteiger partial charge in [0.25, 0.3) is 0 Å². The van der Waals surface area contributed by atoms with E-state index in [1.807, 2.05) is 7.05 Å². The second-order valence-electron chi connectivity index (χ2n) is 5.80. The maximum atomic E-state index is 12.7. The quantitative estimate of drug-likeness (QED) is 0.844. The van der Waals surface area contributed by atoms with Gasteiger partial charge in [-0.3, -0.25) is 0 Å². The standard InChI is InChI=1S/C16H24F3N3/c1-20-7-10-22-8-5-15(6-9-22)21-12-13-3-2-4-14(11-13)16(17,18)19/h2-4,11,15,20-21H,5-10,12H2,1H3. The molecule has 0 radical (unpaired) electrons. The highest BCUT2D eigenvalue weighted by Crippen LogP contribution is 2.29. The van der Waals surface area contributed by atoms with Crippen LogP contribution in [0.3, 0.4) is 0 Å². The molecule has 1 aliphatic heterocycles. The van der Waals surface area contributed by atoms with Gasteiger partial charge in [-0.1, -0.05) is 18.2 Å². The second-order valence-corrected chi connectivity index (χ2v) is 5.80. The summed E-state index contributed by atoms with van der Waals surface area (Å²) in [7, 11) is 1.95. The predicted molar refractivity (Wildman–Crippen MR) is 81.7 cm³/mol. The first-order valence-corrected chi connectivity index (χ1v) is 7.75. The van der Waals surface area contributed by atoms with Crippen LogP contribution in [0, 0.1) is 0 Å². The molecule has 2 N–H and O–H groups in total. The molecule has 1 saturated heterocycles. The Hall–Kier alpha value is -1.11. The lowest BCUT2D eigenvalue weighted by Gasteiger charge is -2.32. The third-order valence-corrected chi connectivity index (χ3v) is 4.11. The molecular formula is C16H24F3N3. The topological polar surface area (TPSA) is 27.3 Å². The number of alkyl halides is 3. The number of halogens is 3. The first-order valence-electron chi connectivity index (χ1n) is 7.75. The molecule has 1 fully saturated rings. The fraction of sp³-hybridized carbons (Fsp3) is 0.625. The van der Waals surface area contributed by atoms with Crippen molar-refractivity contribution < 1.29 is 13.2 Å². The van der Waals surface area contributed by atoms with Crippen molar-refractivity contribution in [1.82, 2.24) is 15.5 Å². The molecule has 0 bridgehead atoms. The molecule has 1 aromatic carbocycles. The molecule has 6 heteroatoms. The van der Waals surface area contributed by atoms with Gasteiger partial charge in [0.2, 0.25) is 0 Å². The van der Waals surface area contributed by atoms with E-state index in [9.17, 15) is 13.2 Å². The predicted octanol–water partition coefficient (Wildman–Crippen LogP) is 2.48. The molecule has 0 amide bonds. The molecule has 0 spiro atoms. The van der Waals surface area contributed by atoms with Crippen LogP contribution in [0.15, 0.2) is 24.3 Å². The highest BCUT2D eigenvalue weighted by atomic mass is 19.4. The van der Waals surface area contributed by atoms with Crippen LogP contribution >= 0.6 is 0 Å². The summed E-state index contributed by atoms with van der Waals surface area (Å²) in [5.41, 5.74) is 0.112. The van der Waals surface area contributed by atoms with Gasteiger partial charge < -0.3 is 15.5 Å². The van der Waals surface area contributed by atoms with E-state index in [-0.39, 0.29) is 0 Å². The van der Waals surface area contributed by atoms with Crippen molar-refractivity contribution in [2.45, 2.75) is 31.6 Å². The Morgan fingerprint density at radius 2 is 1.95 bits per heavy atom. The summed E-state index contributed by atoms with van der Waals surface area (Å²) in [4.78, 5) is 2.42. The van der Waals surface area contributed by atoms with Crippen LogP contribution in [-0.4, -0.2) is 44.2 Å². The number of piperidine rings is 1. The summed E-state index contributed by atoms with van der Waals surface area (Å²) < 4.78 is 38.0. The smallest absolute Gasteiger partial charge is 0.318 e. The van der Waals surface area contributed by atoms with E-state index < -0.39 is 11.7 Å². The Morgan fingerprint density at radius 3 is 2.59 bits per heavy atom. The number of nitrogens with one attached hydrogen (secondary N) is 2. The molecule has 0 atom stereocenters. The first-order chi connectivity index (χ1) is 10.5. The minimum Gasteiger partial charge on any atom is -0.318 e. The zero-order valence-corrected chi connectivity index (χ0v) is 12.9. The van der Waals surface area contributed by atoms with E-state index in [0.717, 1.165) is 45.1 Å². The number of likely N-dealkylation sites (N-methyl/N-ethyl adjacent to an activating group) is 1. The van der Waals surface area contributed by atoms with Gasteiger partial charge in [0.1, 0.15) is 0 Å². The molecular weight excluding hydrogens is 291 g/mol. The fourth-order valence-electron chi connectivity index (χ4n) is 2.75. The number of hydrogen-bond acceptors (Lipinski definition) is 3. The van der Waals surface area contributed by atoms with E-state index >= 15 is 0 Å². The SMILES string of the molecule is CNCCN1CCC(NCc2cccc(C(F)(F)F)c2)CC1. The van der Waals surface area contributed by atoms with Gasteiger partial charge in [-0.15, -0.1) is 0 Å². The summed E-state index contributed by atoms with van der Waals surface area (Å²) in [6.45, 7) is 4.62. The van der Waals surface area contributed by atoms with Crippen molar-refractivity contribution >= 4 is 0 Å². The Morgan fingerprint density at radius 1 is 1.23 bits per heavy atom. The molecule has 0 aromatic heterocycles. The van der Waals surface area contributed by atoms with Crippen LogP contribution in [0.5, 0.6) is 0 Å². The van der Waals surface area contributed by atoms with Crippen molar-refractivity contribution in [3.63, 3.8) is 0 Å². The lowest BCUT2D eigenvalue weighted by atomic mass is 10.0. The van der Waals surface area contributed by atoms with E-state index in [1.165, 1.54) is 12.1 Å². The van der Waals surface area contributed by atoms with Crippen molar-refractivity contribution in [2.24, 2.45) is 0 Å². The van der Waals surface area contributed by atoms with Crippen molar-refractivity contribution in [2.75, 3.05) is 33.2 Å². The lowest BCUT2D eigenvalue weighted by Crippen LogP contribution is -2.44. The molecule has 2 rings (SSSR count). The zero-order chi connectivity index (χ0) is 16.0. The van der Waals surface area contributed by atoms with Gasteiger partial charge in [0, 0.05) is 25.7 Å². The van der Waals surface area contributed by atoms with Crippen LogP contribution in [0.1, 0.15) is 24.0 Å². The highest BCUT2D eigenvalue weighted by Gasteiger charge is 2.30. The Kier molecular flexibility index (Phi) is 6.23. The van der Waals surface area contributed by atoms with Crippen LogP contribution in [-0.2, 0) is 12.7 Å². The molecule has 1 aromatic rings. The molecule has 0 unspecified atom stereocenters. The summed E-state index contributed by atoms with van der Waals surface area (Å²) in [6.07, 6.45) is -2.18. The summed E-state index contributed by atoms with van der Waals surface area (Å²) in [6, 6.07) is 5.95. The minimum atomic E-state index is -4.27. The van der Waals surface area contributed by atoms with E-state index in [4.69, 9.17) is 0 Å². The van der Waals surface area contributed by atoms with Gasteiger partial charge in [0.15, 0.2) is 0 Å². The number of likely N-dealkylation sites (tertiary alicyclic amines) is 1. The Labute approximate surface area is 129 Å². The van der Waals surface area contributed by atoms with Gasteiger partial charge >= 0.3 is 6.18 Å². The molecule has 22 heavy (non-hydrogen) atoms. The number of rotatable bonds is 6. The molecule has 0 aliphatic carbocycles. The average molecular weight is 315 g/mol. The first kappa shape index (κ1) is 17.2. The Bertz CT molecular complexity index is 454. The largest absolute Gasteiger partial charge is 0.416 e. The molecule has 1 aliphatic rings. The zero-order valence-electron chi connectivity index (χ0n) is 12.9. The third kappa shape index (κ3) is 5.26. The van der Waals surface area contributed by atoms with Crippen LogP contribution in [0.2, 0.25) is 0 Å². The van der Waals surface area contributed by atoms with E-state index in [2.05, 4.69) is 15.5 Å². The summed E-state index contributed by atoms with van der Waals surface area (Å²) in [5, 5.41) is 6.52. The van der Waals surface area contributed by atoms with Crippen molar-refractivity contribution in [3.05, 3.63) is 35.4 Å². The van der Waals surface area contributed by atoms with Gasteiger partial charge in [-0.2, -0.15) is 13.2 Å². The number of benzene rings is 1. The van der Waals surface area contributed by atoms with Crippen molar-refractivity contribution in [1.29, 1.82) is 0 Å². The summed E-state index contributed by atoms with van der Waals surface area (Å²) >= 11 is 0. The average Bonchev–Trinajstić information content (AvgIpc) is 2.51. The Balaban J connectivity index is 1.77. The van der Waals surface area contributed by atoms with Crippen molar-refractivity contribution in [3.8, 4) is 0 Å². The maximum absolute atomic E-state index is 12.7. The molecule has 1 heterocycles. The van der Waals surface area contributed by atoms with Gasteiger partial charge in [-0.25, -0.2) is 0 Å². The summed E-state index contributed by atoms with van der Waals surface area (Å²) in [5.74, 6) is 0. The number of nitrogens with zero attached hydrogens (tertiary/aromatic N) is 1. The van der Waals surface area contributed by atoms with Crippen LogP contribution in [0.25, 0.3) is 0 Å². The normalized spacial score (nSPS) is 17.8. The lowest BCUT2D eigenvalue weighted by molar-refractivity contribution is -0.137. The van der Waals surface area contributed by atoms with Crippen LogP contribution in [0.4, 0.5) is 13.2 Å². The molecule has 3 nitrogen and oxygen atoms in total. The van der Waals surface area contributed by atoms with Crippen LogP contribution < -0.4 is 10.6 Å². The van der Waals surface area contributed by atoms with Gasteiger partial charge in [-0.05, 0) is 44.6 Å². The highest BCUT2D eigenvalue weighted by molar-refractivity contribution is 5.25. The fourth-order valence-corrected chi connectivity index (χ4v) is 2.75. The number of hydrogen-bond donors (Lipinski definition) is 2. The molecule has 0 saturated carbocycles. The van der Waals surface area contributed by atoms with E-state index in [1.54, 1.807) is 6.07 Å². The monoisotopic (exact) mass is 315 g/mol. The molecule has 124 valence electrons. The maximum Gasteiger partial charge on any atom is 0.416 e. The van der Waals surface area contributed by atoms with E-state index in [0.29, 0.717) is 18.2 Å². The minimum absolute atomic E-state index is 0.389. The third-order valence-electron chi connectivity index (χ3n) is 4.11. The van der Waals surface area contributed by atoms with Gasteiger partial charge in [0.05, 0.1) is 5.56 Å².